The fourth-order valence-electron chi connectivity index (χ4n) is 3.33. The van der Waals surface area contributed by atoms with E-state index in [1.165, 1.54) is 11.1 Å². The predicted molar refractivity (Wildman–Crippen MR) is 107 cm³/mol. The SMILES string of the molecule is CC(C)[N+](C)(CCOCC(c1ccccc1)c1ccccc1)C(C)C.[I-]. The molecule has 2 nitrogen and oxygen atoms in total. The molecular formula is C23H34INO. The van der Waals surface area contributed by atoms with E-state index in [4.69, 9.17) is 4.74 Å². The average molecular weight is 467 g/mol. The number of rotatable bonds is 9. The molecule has 0 aliphatic rings. The number of quaternary nitrogens is 1. The van der Waals surface area contributed by atoms with Crippen molar-refractivity contribution in [3.8, 4) is 0 Å². The number of nitrogens with zero attached hydrogens (tertiary/aromatic N) is 1. The van der Waals surface area contributed by atoms with E-state index < -0.39 is 0 Å². The Hall–Kier alpha value is -0.910. The van der Waals surface area contributed by atoms with Crippen LogP contribution in [0.4, 0.5) is 0 Å². The number of benzene rings is 2. The van der Waals surface area contributed by atoms with Gasteiger partial charge in [0.05, 0.1) is 32.3 Å². The first-order valence-corrected chi connectivity index (χ1v) is 9.47. The zero-order valence-corrected chi connectivity index (χ0v) is 19.0. The number of halogens is 1. The van der Waals surface area contributed by atoms with Crippen LogP contribution in [0.2, 0.25) is 0 Å². The summed E-state index contributed by atoms with van der Waals surface area (Å²) in [5.41, 5.74) is 2.64. The zero-order valence-electron chi connectivity index (χ0n) is 16.9. The van der Waals surface area contributed by atoms with E-state index in [2.05, 4.69) is 95.4 Å². The number of hydrogen-bond donors (Lipinski definition) is 0. The van der Waals surface area contributed by atoms with Gasteiger partial charge < -0.3 is 33.2 Å². The molecule has 0 radical (unpaired) electrons. The van der Waals surface area contributed by atoms with E-state index in [1.54, 1.807) is 0 Å². The van der Waals surface area contributed by atoms with E-state index >= 15 is 0 Å². The van der Waals surface area contributed by atoms with Crippen LogP contribution in [-0.4, -0.2) is 43.4 Å². The van der Waals surface area contributed by atoms with Gasteiger partial charge in [-0.05, 0) is 38.8 Å². The fourth-order valence-corrected chi connectivity index (χ4v) is 3.33. The third kappa shape index (κ3) is 6.07. The van der Waals surface area contributed by atoms with Gasteiger partial charge in [-0.1, -0.05) is 60.7 Å². The van der Waals surface area contributed by atoms with Gasteiger partial charge in [0.15, 0.2) is 0 Å². The fraction of sp³-hybridized carbons (Fsp3) is 0.478. The maximum absolute atomic E-state index is 6.19. The second-order valence-electron chi connectivity index (χ2n) is 7.71. The van der Waals surface area contributed by atoms with Crippen LogP contribution in [0.5, 0.6) is 0 Å². The van der Waals surface area contributed by atoms with Gasteiger partial charge in [-0.2, -0.15) is 0 Å². The van der Waals surface area contributed by atoms with Crippen LogP contribution in [0, 0.1) is 0 Å². The molecule has 0 atom stereocenters. The highest BCUT2D eigenvalue weighted by Crippen LogP contribution is 2.25. The first-order chi connectivity index (χ1) is 11.9. The molecule has 2 aromatic carbocycles. The molecule has 0 bridgehead atoms. The molecule has 0 unspecified atom stereocenters. The van der Waals surface area contributed by atoms with Crippen LogP contribution < -0.4 is 24.0 Å². The second kappa shape index (κ2) is 11.1. The highest BCUT2D eigenvalue weighted by molar-refractivity contribution is 5.32. The van der Waals surface area contributed by atoms with Gasteiger partial charge in [-0.25, -0.2) is 0 Å². The largest absolute Gasteiger partial charge is 1.00 e. The predicted octanol–water partition coefficient (Wildman–Crippen LogP) is 2.10. The van der Waals surface area contributed by atoms with Crippen LogP contribution in [0.1, 0.15) is 44.7 Å². The van der Waals surface area contributed by atoms with Crippen LogP contribution >= 0.6 is 0 Å². The number of ether oxygens (including phenoxy) is 1. The summed E-state index contributed by atoms with van der Waals surface area (Å²) in [5, 5.41) is 0. The lowest BCUT2D eigenvalue weighted by Gasteiger charge is -2.42. The number of hydrogen-bond acceptors (Lipinski definition) is 1. The minimum atomic E-state index is 0. The van der Waals surface area contributed by atoms with Crippen LogP contribution in [-0.2, 0) is 4.74 Å². The van der Waals surface area contributed by atoms with Gasteiger partial charge in [-0.3, -0.25) is 0 Å². The first-order valence-electron chi connectivity index (χ1n) is 9.47. The Bertz CT molecular complexity index is 565. The Morgan fingerprint density at radius 1 is 0.769 bits per heavy atom. The average Bonchev–Trinajstić information content (AvgIpc) is 2.62. The minimum absolute atomic E-state index is 0. The van der Waals surface area contributed by atoms with Crippen LogP contribution in [0.3, 0.4) is 0 Å². The molecule has 0 aliphatic carbocycles. The summed E-state index contributed by atoms with van der Waals surface area (Å²) in [4.78, 5) is 0. The van der Waals surface area contributed by atoms with Crippen molar-refractivity contribution in [3.63, 3.8) is 0 Å². The summed E-state index contributed by atoms with van der Waals surface area (Å²) >= 11 is 0. The monoisotopic (exact) mass is 467 g/mol. The van der Waals surface area contributed by atoms with Crippen molar-refractivity contribution in [2.45, 2.75) is 45.7 Å². The lowest BCUT2D eigenvalue weighted by atomic mass is 9.92. The quantitative estimate of drug-likeness (QED) is 0.312. The summed E-state index contributed by atoms with van der Waals surface area (Å²) in [5.74, 6) is 0.291. The minimum Gasteiger partial charge on any atom is -1.00 e. The Labute approximate surface area is 177 Å². The van der Waals surface area contributed by atoms with Crippen molar-refractivity contribution in [2.75, 3.05) is 26.8 Å². The zero-order chi connectivity index (χ0) is 18.3. The summed E-state index contributed by atoms with van der Waals surface area (Å²) in [6, 6.07) is 22.6. The van der Waals surface area contributed by atoms with Crippen molar-refractivity contribution in [1.29, 1.82) is 0 Å². The Morgan fingerprint density at radius 3 is 1.58 bits per heavy atom. The summed E-state index contributed by atoms with van der Waals surface area (Å²) in [6.45, 7) is 11.8. The molecule has 0 fully saturated rings. The van der Waals surface area contributed by atoms with Gasteiger partial charge in [0.2, 0.25) is 0 Å². The van der Waals surface area contributed by atoms with E-state index in [9.17, 15) is 0 Å². The first kappa shape index (κ1) is 23.1. The molecule has 2 rings (SSSR count). The third-order valence-electron chi connectivity index (χ3n) is 5.77. The molecule has 0 aliphatic heterocycles. The Balaban J connectivity index is 0.00000338. The van der Waals surface area contributed by atoms with Crippen molar-refractivity contribution in [3.05, 3.63) is 71.8 Å². The second-order valence-corrected chi connectivity index (χ2v) is 7.71. The summed E-state index contributed by atoms with van der Waals surface area (Å²) in [7, 11) is 2.34. The van der Waals surface area contributed by atoms with Crippen LogP contribution in [0.15, 0.2) is 60.7 Å². The molecule has 0 saturated heterocycles. The summed E-state index contributed by atoms with van der Waals surface area (Å²) in [6.07, 6.45) is 0. The molecule has 144 valence electrons. The van der Waals surface area contributed by atoms with Gasteiger partial charge in [0.25, 0.3) is 0 Å². The van der Waals surface area contributed by atoms with Crippen molar-refractivity contribution < 1.29 is 33.2 Å². The van der Waals surface area contributed by atoms with E-state index in [1.807, 2.05) is 0 Å². The summed E-state index contributed by atoms with van der Waals surface area (Å²) < 4.78 is 7.23. The molecule has 26 heavy (non-hydrogen) atoms. The topological polar surface area (TPSA) is 9.23 Å². The molecule has 0 spiro atoms. The van der Waals surface area contributed by atoms with E-state index in [0.29, 0.717) is 18.0 Å². The molecular weight excluding hydrogens is 433 g/mol. The van der Waals surface area contributed by atoms with Crippen molar-refractivity contribution >= 4 is 0 Å². The normalized spacial score (nSPS) is 11.8. The maximum atomic E-state index is 6.19. The molecule has 0 aromatic heterocycles. The highest BCUT2D eigenvalue weighted by Gasteiger charge is 2.29. The lowest BCUT2D eigenvalue weighted by molar-refractivity contribution is -0.949. The molecule has 0 saturated carbocycles. The van der Waals surface area contributed by atoms with Crippen molar-refractivity contribution in [2.24, 2.45) is 0 Å². The van der Waals surface area contributed by atoms with E-state index in [-0.39, 0.29) is 24.0 Å². The standard InChI is InChI=1S/C23H34NO.HI/c1-19(2)24(5,20(3)4)16-17-25-18-23(21-12-8-6-9-13-21)22-14-10-7-11-15-22;/h6-15,19-20,23H,16-18H2,1-5H3;1H/q+1;/p-1. The Kier molecular flexibility index (Phi) is 9.83. The van der Waals surface area contributed by atoms with Crippen molar-refractivity contribution in [1.82, 2.24) is 0 Å². The number of likely N-dealkylation sites (N-methyl/N-ethyl adjacent to an activating group) is 1. The van der Waals surface area contributed by atoms with Gasteiger partial charge in [0, 0.05) is 5.92 Å². The Morgan fingerprint density at radius 2 is 1.19 bits per heavy atom. The molecule has 2 aromatic rings. The smallest absolute Gasteiger partial charge is 0.103 e. The lowest BCUT2D eigenvalue weighted by Crippen LogP contribution is -3.00. The molecule has 0 N–H and O–H groups in total. The van der Waals surface area contributed by atoms with Gasteiger partial charge in [-0.15, -0.1) is 0 Å². The maximum Gasteiger partial charge on any atom is 0.103 e. The molecule has 0 amide bonds. The third-order valence-corrected chi connectivity index (χ3v) is 5.77. The van der Waals surface area contributed by atoms with Gasteiger partial charge >= 0.3 is 0 Å². The van der Waals surface area contributed by atoms with Gasteiger partial charge in [0.1, 0.15) is 6.54 Å². The highest BCUT2D eigenvalue weighted by atomic mass is 127. The van der Waals surface area contributed by atoms with E-state index in [0.717, 1.165) is 24.2 Å². The molecule has 0 heterocycles. The van der Waals surface area contributed by atoms with Crippen LogP contribution in [0.25, 0.3) is 0 Å². The molecule has 3 heteroatoms.